The summed E-state index contributed by atoms with van der Waals surface area (Å²) in [5.41, 5.74) is 4.58. The molecule has 1 heteroatoms. The second-order valence-electron chi connectivity index (χ2n) is 6.50. The molecule has 1 aromatic heterocycles. The maximum atomic E-state index is 2.39. The molecular weight excluding hydrogens is 278 g/mol. The zero-order valence-corrected chi connectivity index (χ0v) is 13.1. The van der Waals surface area contributed by atoms with Crippen molar-refractivity contribution >= 4 is 11.8 Å². The van der Waals surface area contributed by atoms with Crippen molar-refractivity contribution < 1.29 is 0 Å². The van der Waals surface area contributed by atoms with Gasteiger partial charge >= 0.3 is 0 Å². The smallest absolute Gasteiger partial charge is 0.0295 e. The van der Waals surface area contributed by atoms with Crippen molar-refractivity contribution in [3.05, 3.63) is 92.9 Å². The molecule has 0 unspecified atom stereocenters. The SMILES string of the molecule is C1=c2ccccc2=c2ccc3c(c2C1)CCCC=3n1cccc1. The molecule has 2 aromatic carbocycles. The summed E-state index contributed by atoms with van der Waals surface area (Å²) in [6.45, 7) is 0. The molecule has 0 spiro atoms. The van der Waals surface area contributed by atoms with Crippen LogP contribution in [0.15, 0.2) is 60.9 Å². The van der Waals surface area contributed by atoms with Crippen LogP contribution in [-0.2, 0) is 12.8 Å². The van der Waals surface area contributed by atoms with Gasteiger partial charge in [0.2, 0.25) is 0 Å². The van der Waals surface area contributed by atoms with Crippen LogP contribution in [0.25, 0.3) is 11.8 Å². The zero-order valence-electron chi connectivity index (χ0n) is 13.1. The third-order valence-corrected chi connectivity index (χ3v) is 5.28. The summed E-state index contributed by atoms with van der Waals surface area (Å²) in [6, 6.07) is 17.7. The maximum absolute atomic E-state index is 2.39. The molecule has 0 aliphatic heterocycles. The van der Waals surface area contributed by atoms with Crippen molar-refractivity contribution in [2.24, 2.45) is 0 Å². The highest BCUT2D eigenvalue weighted by molar-refractivity contribution is 5.54. The van der Waals surface area contributed by atoms with E-state index >= 15 is 0 Å². The molecule has 0 N–H and O–H groups in total. The van der Waals surface area contributed by atoms with Gasteiger partial charge in [-0.3, -0.25) is 0 Å². The molecule has 0 amide bonds. The van der Waals surface area contributed by atoms with Gasteiger partial charge in [0.1, 0.15) is 0 Å². The average Bonchev–Trinajstić information content (AvgIpc) is 3.15. The van der Waals surface area contributed by atoms with E-state index < -0.39 is 0 Å². The molecule has 0 bridgehead atoms. The highest BCUT2D eigenvalue weighted by atomic mass is 14.9. The van der Waals surface area contributed by atoms with Gasteiger partial charge in [-0.2, -0.15) is 0 Å². The Bertz CT molecular complexity index is 1100. The van der Waals surface area contributed by atoms with Crippen LogP contribution in [0.5, 0.6) is 0 Å². The number of fused-ring (bicyclic) bond motifs is 4. The predicted octanol–water partition coefficient (Wildman–Crippen LogP) is 3.10. The number of hydrogen-bond acceptors (Lipinski definition) is 0. The maximum Gasteiger partial charge on any atom is 0.0295 e. The first-order valence-corrected chi connectivity index (χ1v) is 8.49. The van der Waals surface area contributed by atoms with Crippen LogP contribution in [0.2, 0.25) is 0 Å². The number of rotatable bonds is 1. The number of benzene rings is 2. The minimum atomic E-state index is 1.06. The summed E-state index contributed by atoms with van der Waals surface area (Å²) in [6.07, 6.45) is 11.4. The van der Waals surface area contributed by atoms with Crippen molar-refractivity contribution in [1.82, 2.24) is 4.57 Å². The summed E-state index contributed by atoms with van der Waals surface area (Å²) >= 11 is 0. The Kier molecular flexibility index (Phi) is 2.81. The molecule has 0 atom stereocenters. The fourth-order valence-electron chi connectivity index (χ4n) is 4.22. The molecule has 23 heavy (non-hydrogen) atoms. The van der Waals surface area contributed by atoms with Crippen LogP contribution in [0.1, 0.15) is 24.0 Å². The monoisotopic (exact) mass is 297 g/mol. The Morgan fingerprint density at radius 1 is 0.696 bits per heavy atom. The highest BCUT2D eigenvalue weighted by Crippen LogP contribution is 2.22. The van der Waals surface area contributed by atoms with E-state index in [0.29, 0.717) is 0 Å². The van der Waals surface area contributed by atoms with Gasteiger partial charge in [-0.1, -0.05) is 42.5 Å². The van der Waals surface area contributed by atoms with Gasteiger partial charge in [0, 0.05) is 18.1 Å². The highest BCUT2D eigenvalue weighted by Gasteiger charge is 2.16. The summed E-state index contributed by atoms with van der Waals surface area (Å²) in [7, 11) is 0. The lowest BCUT2D eigenvalue weighted by molar-refractivity contribution is 0.776. The second kappa shape index (κ2) is 4.99. The van der Waals surface area contributed by atoms with E-state index in [1.807, 2.05) is 0 Å². The quantitative estimate of drug-likeness (QED) is 0.650. The topological polar surface area (TPSA) is 4.93 Å². The molecular formula is C22H19N. The fourth-order valence-corrected chi connectivity index (χ4v) is 4.22. The van der Waals surface area contributed by atoms with Crippen molar-refractivity contribution in [3.8, 4) is 0 Å². The minimum Gasteiger partial charge on any atom is -0.327 e. The van der Waals surface area contributed by atoms with E-state index in [0.717, 1.165) is 6.42 Å². The van der Waals surface area contributed by atoms with Gasteiger partial charge in [0.15, 0.2) is 0 Å². The van der Waals surface area contributed by atoms with Crippen LogP contribution in [0, 0.1) is 10.4 Å². The summed E-state index contributed by atoms with van der Waals surface area (Å²) in [5, 5.41) is 5.67. The predicted molar refractivity (Wildman–Crippen MR) is 94.2 cm³/mol. The minimum absolute atomic E-state index is 1.06. The molecule has 3 aromatic rings. The van der Waals surface area contributed by atoms with E-state index in [9.17, 15) is 0 Å². The Labute approximate surface area is 135 Å². The van der Waals surface area contributed by atoms with E-state index in [1.165, 1.54) is 45.8 Å². The number of hydrogen-bond donors (Lipinski definition) is 0. The second-order valence-corrected chi connectivity index (χ2v) is 6.50. The Morgan fingerprint density at radius 3 is 2.43 bits per heavy atom. The number of nitrogens with zero attached hydrogens (tertiary/aromatic N) is 1. The summed E-state index contributed by atoms with van der Waals surface area (Å²) < 4.78 is 2.30. The molecule has 1 heterocycles. The van der Waals surface area contributed by atoms with Crippen LogP contribution in [-0.4, -0.2) is 4.57 Å². The van der Waals surface area contributed by atoms with Gasteiger partial charge in [-0.15, -0.1) is 0 Å². The van der Waals surface area contributed by atoms with Crippen molar-refractivity contribution in [1.29, 1.82) is 0 Å². The Hall–Kier alpha value is -2.54. The fraction of sp³-hybridized carbons (Fsp3) is 0.182. The molecule has 2 aliphatic rings. The molecule has 0 fully saturated rings. The van der Waals surface area contributed by atoms with Gasteiger partial charge < -0.3 is 4.57 Å². The third-order valence-electron chi connectivity index (χ3n) is 5.28. The van der Waals surface area contributed by atoms with Gasteiger partial charge in [-0.25, -0.2) is 0 Å². The zero-order chi connectivity index (χ0) is 15.2. The van der Waals surface area contributed by atoms with Crippen LogP contribution >= 0.6 is 0 Å². The summed E-state index contributed by atoms with van der Waals surface area (Å²) in [4.78, 5) is 0. The Morgan fingerprint density at radius 2 is 1.52 bits per heavy atom. The first-order valence-electron chi connectivity index (χ1n) is 8.49. The molecule has 1 nitrogen and oxygen atoms in total. The molecule has 0 saturated heterocycles. The van der Waals surface area contributed by atoms with Crippen molar-refractivity contribution in [3.63, 3.8) is 0 Å². The lowest BCUT2D eigenvalue weighted by Gasteiger charge is -2.21. The third kappa shape index (κ3) is 1.93. The summed E-state index contributed by atoms with van der Waals surface area (Å²) in [5.74, 6) is 0. The van der Waals surface area contributed by atoms with Crippen molar-refractivity contribution in [2.75, 3.05) is 0 Å². The normalized spacial score (nSPS) is 15.4. The molecule has 5 rings (SSSR count). The lowest BCUT2D eigenvalue weighted by Crippen LogP contribution is -2.24. The standard InChI is InChI=1S/C22H19N/c1-2-7-17-16(6-1)10-11-20-18-8-5-9-22(23-14-3-4-15-23)21(18)13-12-19(17)20/h1-4,6-7,10,12-15H,5,8-9,11H2. The van der Waals surface area contributed by atoms with Crippen LogP contribution in [0.4, 0.5) is 0 Å². The largest absolute Gasteiger partial charge is 0.327 e. The van der Waals surface area contributed by atoms with Crippen LogP contribution < -0.4 is 10.4 Å². The average molecular weight is 297 g/mol. The molecule has 112 valence electrons. The van der Waals surface area contributed by atoms with Crippen molar-refractivity contribution in [2.45, 2.75) is 25.7 Å². The molecule has 0 radical (unpaired) electrons. The van der Waals surface area contributed by atoms with Gasteiger partial charge in [-0.05, 0) is 69.8 Å². The van der Waals surface area contributed by atoms with E-state index in [2.05, 4.69) is 71.6 Å². The van der Waals surface area contributed by atoms with Gasteiger partial charge in [0.25, 0.3) is 0 Å². The van der Waals surface area contributed by atoms with E-state index in [4.69, 9.17) is 0 Å². The van der Waals surface area contributed by atoms with E-state index in [-0.39, 0.29) is 0 Å². The lowest BCUT2D eigenvalue weighted by atomic mass is 9.87. The first-order chi connectivity index (χ1) is 11.4. The Balaban J connectivity index is 1.93. The van der Waals surface area contributed by atoms with Gasteiger partial charge in [0.05, 0.1) is 0 Å². The molecule has 0 saturated carbocycles. The van der Waals surface area contributed by atoms with E-state index in [1.54, 1.807) is 11.1 Å². The van der Waals surface area contributed by atoms with Crippen LogP contribution in [0.3, 0.4) is 0 Å². The number of aromatic nitrogens is 1. The molecule has 2 aliphatic carbocycles. The first kappa shape index (κ1) is 13.0.